The van der Waals surface area contributed by atoms with Gasteiger partial charge in [0.2, 0.25) is 0 Å². The third-order valence-electron chi connectivity index (χ3n) is 4.87. The lowest BCUT2D eigenvalue weighted by atomic mass is 9.84. The van der Waals surface area contributed by atoms with Crippen LogP contribution in [0.15, 0.2) is 42.6 Å². The van der Waals surface area contributed by atoms with E-state index in [4.69, 9.17) is 0 Å². The summed E-state index contributed by atoms with van der Waals surface area (Å²) < 4.78 is 1.95. The lowest BCUT2D eigenvalue weighted by Gasteiger charge is -2.45. The summed E-state index contributed by atoms with van der Waals surface area (Å²) in [6.07, 6.45) is 4.76. The second-order valence-electron chi connectivity index (χ2n) is 6.21. The molecule has 4 nitrogen and oxygen atoms in total. The lowest BCUT2D eigenvalue weighted by Crippen LogP contribution is -2.55. The molecule has 3 aliphatic heterocycles. The fourth-order valence-corrected chi connectivity index (χ4v) is 3.61. The lowest BCUT2D eigenvalue weighted by molar-refractivity contribution is 0.0718. The predicted molar refractivity (Wildman–Crippen MR) is 83.4 cm³/mol. The highest BCUT2D eigenvalue weighted by Crippen LogP contribution is 2.27. The molecule has 4 heteroatoms. The monoisotopic (exact) mass is 282 g/mol. The Morgan fingerprint density at radius 2 is 1.90 bits per heavy atom. The number of nitrogens with one attached hydrogen (secondary N) is 1. The number of benzene rings is 1. The Bertz CT molecular complexity index is 584. The third-order valence-corrected chi connectivity index (χ3v) is 4.87. The Kier molecular flexibility index (Phi) is 3.49. The highest BCUT2D eigenvalue weighted by atomic mass is 15.3. The first kappa shape index (κ1) is 13.0. The van der Waals surface area contributed by atoms with Gasteiger partial charge in [0, 0.05) is 25.3 Å². The molecule has 3 fully saturated rings. The summed E-state index contributed by atoms with van der Waals surface area (Å²) in [5.74, 6) is 0.867. The largest absolute Gasteiger partial charge is 0.307 e. The van der Waals surface area contributed by atoms with E-state index in [-0.39, 0.29) is 0 Å². The fourth-order valence-electron chi connectivity index (χ4n) is 3.61. The molecule has 1 N–H and O–H groups in total. The van der Waals surface area contributed by atoms with Crippen LogP contribution in [0.1, 0.15) is 18.5 Å². The van der Waals surface area contributed by atoms with Gasteiger partial charge >= 0.3 is 0 Å². The Balaban J connectivity index is 1.39. The maximum absolute atomic E-state index is 4.67. The Morgan fingerprint density at radius 1 is 1.10 bits per heavy atom. The molecule has 0 radical (unpaired) electrons. The number of nitrogens with zero attached hydrogens (tertiary/aromatic N) is 3. The van der Waals surface area contributed by atoms with Crippen molar-refractivity contribution < 1.29 is 0 Å². The minimum atomic E-state index is 0.648. The molecule has 0 saturated carbocycles. The number of hydrogen-bond acceptors (Lipinski definition) is 3. The van der Waals surface area contributed by atoms with Crippen molar-refractivity contribution in [2.24, 2.45) is 5.92 Å². The van der Waals surface area contributed by atoms with Crippen molar-refractivity contribution in [2.45, 2.75) is 25.4 Å². The molecule has 1 unspecified atom stereocenters. The second-order valence-corrected chi connectivity index (χ2v) is 6.21. The topological polar surface area (TPSA) is 33.1 Å². The van der Waals surface area contributed by atoms with Gasteiger partial charge in [-0.3, -0.25) is 0 Å². The van der Waals surface area contributed by atoms with Gasteiger partial charge in [0.15, 0.2) is 0 Å². The summed E-state index contributed by atoms with van der Waals surface area (Å²) in [5, 5.41) is 8.38. The van der Waals surface area contributed by atoms with Crippen LogP contribution in [0.4, 0.5) is 0 Å². The average Bonchev–Trinajstić information content (AvgIpc) is 3.04. The number of hydrogen-bond donors (Lipinski definition) is 1. The van der Waals surface area contributed by atoms with Crippen LogP contribution in [0.25, 0.3) is 5.69 Å². The highest BCUT2D eigenvalue weighted by molar-refractivity contribution is 5.30. The smallest absolute Gasteiger partial charge is 0.0766 e. The van der Waals surface area contributed by atoms with Crippen molar-refractivity contribution in [3.05, 3.63) is 48.3 Å². The zero-order valence-electron chi connectivity index (χ0n) is 12.3. The normalized spacial score (nSPS) is 27.9. The maximum Gasteiger partial charge on any atom is 0.0766 e. The number of piperidine rings is 3. The minimum Gasteiger partial charge on any atom is -0.307 e. The molecule has 0 aliphatic carbocycles. The van der Waals surface area contributed by atoms with Gasteiger partial charge in [-0.25, -0.2) is 4.68 Å². The zero-order valence-corrected chi connectivity index (χ0v) is 12.3. The molecule has 110 valence electrons. The van der Waals surface area contributed by atoms with E-state index in [1.165, 1.54) is 32.5 Å². The van der Waals surface area contributed by atoms with E-state index in [0.29, 0.717) is 6.04 Å². The molecule has 1 aromatic heterocycles. The van der Waals surface area contributed by atoms with Crippen LogP contribution in [0, 0.1) is 5.92 Å². The van der Waals surface area contributed by atoms with E-state index in [1.807, 2.05) is 29.1 Å². The summed E-state index contributed by atoms with van der Waals surface area (Å²) in [6, 6.07) is 13.0. The Hall–Kier alpha value is -1.65. The highest BCUT2D eigenvalue weighted by Gasteiger charge is 2.33. The molecule has 0 amide bonds. The third kappa shape index (κ3) is 2.74. The molecule has 1 atom stereocenters. The van der Waals surface area contributed by atoms with Gasteiger partial charge in [-0.2, -0.15) is 5.10 Å². The molecule has 5 rings (SSSR count). The van der Waals surface area contributed by atoms with Gasteiger partial charge in [0.05, 0.1) is 11.4 Å². The van der Waals surface area contributed by atoms with Crippen LogP contribution in [-0.4, -0.2) is 40.4 Å². The van der Waals surface area contributed by atoms with E-state index in [1.54, 1.807) is 0 Å². The Labute approximate surface area is 125 Å². The molecule has 2 bridgehead atoms. The molecule has 4 heterocycles. The van der Waals surface area contributed by atoms with E-state index in [9.17, 15) is 0 Å². The number of para-hydroxylation sites is 1. The van der Waals surface area contributed by atoms with E-state index >= 15 is 0 Å². The number of aromatic nitrogens is 2. The first-order valence-electron chi connectivity index (χ1n) is 7.94. The summed E-state index contributed by atoms with van der Waals surface area (Å²) in [4.78, 5) is 2.58. The van der Waals surface area contributed by atoms with Gasteiger partial charge in [0.25, 0.3) is 0 Å². The van der Waals surface area contributed by atoms with Crippen molar-refractivity contribution in [3.8, 4) is 5.69 Å². The quantitative estimate of drug-likeness (QED) is 0.932. The van der Waals surface area contributed by atoms with Crippen LogP contribution in [0.5, 0.6) is 0 Å². The van der Waals surface area contributed by atoms with Crippen molar-refractivity contribution in [1.82, 2.24) is 20.0 Å². The predicted octanol–water partition coefficient (Wildman–Crippen LogP) is 2.06. The molecule has 0 spiro atoms. The van der Waals surface area contributed by atoms with Crippen molar-refractivity contribution in [1.29, 1.82) is 0 Å². The van der Waals surface area contributed by atoms with Gasteiger partial charge < -0.3 is 10.2 Å². The molecule has 2 aromatic rings. The second kappa shape index (κ2) is 5.62. The van der Waals surface area contributed by atoms with Gasteiger partial charge in [-0.1, -0.05) is 18.2 Å². The molecular weight excluding hydrogens is 260 g/mol. The molecule has 21 heavy (non-hydrogen) atoms. The van der Waals surface area contributed by atoms with E-state index in [0.717, 1.165) is 23.8 Å². The van der Waals surface area contributed by atoms with Crippen molar-refractivity contribution >= 4 is 0 Å². The van der Waals surface area contributed by atoms with Crippen LogP contribution < -0.4 is 5.32 Å². The summed E-state index contributed by atoms with van der Waals surface area (Å²) in [7, 11) is 0. The Morgan fingerprint density at radius 3 is 2.62 bits per heavy atom. The van der Waals surface area contributed by atoms with Gasteiger partial charge in [0.1, 0.15) is 0 Å². The van der Waals surface area contributed by atoms with Crippen LogP contribution in [0.3, 0.4) is 0 Å². The number of fused-ring (bicyclic) bond motifs is 3. The minimum absolute atomic E-state index is 0.648. The zero-order chi connectivity index (χ0) is 14.1. The van der Waals surface area contributed by atoms with Gasteiger partial charge in [-0.05, 0) is 50.0 Å². The maximum atomic E-state index is 4.67. The fraction of sp³-hybridized carbons (Fsp3) is 0.471. The van der Waals surface area contributed by atoms with Crippen LogP contribution >= 0.6 is 0 Å². The van der Waals surface area contributed by atoms with Crippen LogP contribution in [-0.2, 0) is 6.54 Å². The standard InChI is InChI=1S/C17H22N4/c1-2-4-16(5-3-1)21-11-8-15(19-21)12-18-17-13-20-9-6-14(17)7-10-20/h1-5,8,11,14,17-18H,6-7,9-10,12-13H2. The average molecular weight is 282 g/mol. The molecular formula is C17H22N4. The SMILES string of the molecule is c1ccc(-n2ccc(CNC3CN4CCC3CC4)n2)cc1. The van der Waals surface area contributed by atoms with E-state index < -0.39 is 0 Å². The first-order chi connectivity index (χ1) is 10.4. The summed E-state index contributed by atoms with van der Waals surface area (Å²) in [5.41, 5.74) is 2.24. The van der Waals surface area contributed by atoms with Gasteiger partial charge in [-0.15, -0.1) is 0 Å². The van der Waals surface area contributed by atoms with Crippen LogP contribution in [0.2, 0.25) is 0 Å². The molecule has 3 saturated heterocycles. The summed E-state index contributed by atoms with van der Waals surface area (Å²) >= 11 is 0. The number of rotatable bonds is 4. The van der Waals surface area contributed by atoms with Crippen molar-refractivity contribution in [3.63, 3.8) is 0 Å². The summed E-state index contributed by atoms with van der Waals surface area (Å²) in [6.45, 7) is 4.68. The molecule has 3 aliphatic rings. The van der Waals surface area contributed by atoms with Crippen molar-refractivity contribution in [2.75, 3.05) is 19.6 Å². The molecule has 1 aromatic carbocycles. The van der Waals surface area contributed by atoms with E-state index in [2.05, 4.69) is 33.5 Å². The first-order valence-corrected chi connectivity index (χ1v) is 7.94.